The maximum atomic E-state index is 5.43. The third kappa shape index (κ3) is 4.18. The standard InChI is InChI=1S/C25H32N4O2S/c1-7-25(3,4)17-9-11-21-18(13-17)22-23(26-14-27-24(22)32-21)29-28-15(2)16-8-10-19(30-5)20(12-16)31-6/h8,10,12,14,17H,7,9,11,13H2,1-6H3,(H,26,27,29)/b28-15+/t17-/m1/s1. The monoisotopic (exact) mass is 452 g/mol. The van der Waals surface area contributed by atoms with Crippen LogP contribution in [0.25, 0.3) is 10.2 Å². The smallest absolute Gasteiger partial charge is 0.161 e. The highest BCUT2D eigenvalue weighted by molar-refractivity contribution is 7.19. The number of methoxy groups -OCH3 is 2. The number of nitrogens with zero attached hydrogens (tertiary/aromatic N) is 3. The number of thiophene rings is 1. The van der Waals surface area contributed by atoms with E-state index < -0.39 is 0 Å². The van der Waals surface area contributed by atoms with Crippen molar-refractivity contribution in [3.05, 3.63) is 40.5 Å². The lowest BCUT2D eigenvalue weighted by Crippen LogP contribution is -2.28. The van der Waals surface area contributed by atoms with Gasteiger partial charge in [-0.15, -0.1) is 11.3 Å². The number of hydrogen-bond acceptors (Lipinski definition) is 7. The predicted molar refractivity (Wildman–Crippen MR) is 132 cm³/mol. The Morgan fingerprint density at radius 2 is 2.00 bits per heavy atom. The molecule has 3 aromatic rings. The van der Waals surface area contributed by atoms with Crippen LogP contribution in [0.4, 0.5) is 5.82 Å². The molecular formula is C25H32N4O2S. The lowest BCUT2D eigenvalue weighted by atomic mass is 9.69. The van der Waals surface area contributed by atoms with Crippen LogP contribution in [-0.4, -0.2) is 29.9 Å². The van der Waals surface area contributed by atoms with Crippen LogP contribution < -0.4 is 14.9 Å². The van der Waals surface area contributed by atoms with E-state index in [-0.39, 0.29) is 0 Å². The Kier molecular flexibility index (Phi) is 6.38. The van der Waals surface area contributed by atoms with Crippen molar-refractivity contribution in [2.75, 3.05) is 19.6 Å². The minimum Gasteiger partial charge on any atom is -0.493 e. The molecule has 1 N–H and O–H groups in total. The van der Waals surface area contributed by atoms with Gasteiger partial charge in [-0.1, -0.05) is 27.2 Å². The van der Waals surface area contributed by atoms with Crippen molar-refractivity contribution < 1.29 is 9.47 Å². The van der Waals surface area contributed by atoms with Crippen LogP contribution in [0.1, 0.15) is 56.5 Å². The second kappa shape index (κ2) is 9.06. The van der Waals surface area contributed by atoms with E-state index in [0.717, 1.165) is 40.2 Å². The fraction of sp³-hybridized carbons (Fsp3) is 0.480. The Hall–Kier alpha value is -2.67. The third-order valence-electron chi connectivity index (χ3n) is 6.99. The van der Waals surface area contributed by atoms with Gasteiger partial charge in [0.2, 0.25) is 0 Å². The lowest BCUT2D eigenvalue weighted by molar-refractivity contribution is 0.184. The number of hydrogen-bond donors (Lipinski definition) is 1. The summed E-state index contributed by atoms with van der Waals surface area (Å²) >= 11 is 1.80. The molecule has 0 amide bonds. The summed E-state index contributed by atoms with van der Waals surface area (Å²) in [5.41, 5.74) is 6.76. The first kappa shape index (κ1) is 22.5. The van der Waals surface area contributed by atoms with Crippen molar-refractivity contribution in [3.8, 4) is 11.5 Å². The van der Waals surface area contributed by atoms with Gasteiger partial charge in [0.15, 0.2) is 17.3 Å². The average Bonchev–Trinajstić information content (AvgIpc) is 3.20. The number of nitrogens with one attached hydrogen (secondary N) is 1. The first-order valence-corrected chi connectivity index (χ1v) is 12.0. The van der Waals surface area contributed by atoms with Gasteiger partial charge in [-0.3, -0.25) is 5.43 Å². The van der Waals surface area contributed by atoms with Crippen LogP contribution in [0.2, 0.25) is 0 Å². The molecule has 0 aliphatic heterocycles. The molecule has 0 bridgehead atoms. The van der Waals surface area contributed by atoms with Gasteiger partial charge >= 0.3 is 0 Å². The number of fused-ring (bicyclic) bond motifs is 3. The summed E-state index contributed by atoms with van der Waals surface area (Å²) in [7, 11) is 3.27. The molecule has 0 saturated carbocycles. The summed E-state index contributed by atoms with van der Waals surface area (Å²) in [6.45, 7) is 9.05. The zero-order chi connectivity index (χ0) is 22.9. The largest absolute Gasteiger partial charge is 0.493 e. The van der Waals surface area contributed by atoms with E-state index in [1.54, 1.807) is 31.9 Å². The van der Waals surface area contributed by atoms with Crippen LogP contribution in [0.15, 0.2) is 29.6 Å². The number of ether oxygens (including phenoxy) is 2. The van der Waals surface area contributed by atoms with E-state index in [1.807, 2.05) is 25.1 Å². The molecule has 0 spiro atoms. The Balaban J connectivity index is 1.65. The highest BCUT2D eigenvalue weighted by Crippen LogP contribution is 2.45. The first-order chi connectivity index (χ1) is 15.4. The van der Waals surface area contributed by atoms with Crippen molar-refractivity contribution in [1.82, 2.24) is 9.97 Å². The minimum absolute atomic E-state index is 0.331. The fourth-order valence-corrected chi connectivity index (χ4v) is 5.59. The molecule has 32 heavy (non-hydrogen) atoms. The normalized spacial score (nSPS) is 16.7. The second-order valence-electron chi connectivity index (χ2n) is 9.07. The third-order valence-corrected chi connectivity index (χ3v) is 8.19. The predicted octanol–water partition coefficient (Wildman–Crippen LogP) is 6.09. The zero-order valence-electron chi connectivity index (χ0n) is 19.8. The lowest BCUT2D eigenvalue weighted by Gasteiger charge is -2.36. The van der Waals surface area contributed by atoms with E-state index in [1.165, 1.54) is 23.3 Å². The summed E-state index contributed by atoms with van der Waals surface area (Å²) in [6.07, 6.45) is 6.26. The number of hydrazone groups is 1. The molecule has 0 fully saturated rings. The van der Waals surface area contributed by atoms with E-state index in [4.69, 9.17) is 9.47 Å². The Morgan fingerprint density at radius 3 is 2.72 bits per heavy atom. The maximum Gasteiger partial charge on any atom is 0.161 e. The molecule has 1 atom stereocenters. The van der Waals surface area contributed by atoms with Crippen LogP contribution in [0.5, 0.6) is 11.5 Å². The molecule has 2 heterocycles. The summed E-state index contributed by atoms with van der Waals surface area (Å²) in [4.78, 5) is 11.6. The minimum atomic E-state index is 0.331. The van der Waals surface area contributed by atoms with Crippen LogP contribution in [-0.2, 0) is 12.8 Å². The van der Waals surface area contributed by atoms with Crippen molar-refractivity contribution in [2.45, 2.75) is 53.4 Å². The fourth-order valence-electron chi connectivity index (χ4n) is 4.41. The van der Waals surface area contributed by atoms with Crippen molar-refractivity contribution in [3.63, 3.8) is 0 Å². The van der Waals surface area contributed by atoms with Crippen molar-refractivity contribution in [2.24, 2.45) is 16.4 Å². The highest BCUT2D eigenvalue weighted by atomic mass is 32.1. The van der Waals surface area contributed by atoms with Gasteiger partial charge < -0.3 is 9.47 Å². The van der Waals surface area contributed by atoms with Crippen molar-refractivity contribution in [1.29, 1.82) is 0 Å². The summed E-state index contributed by atoms with van der Waals surface area (Å²) in [6, 6.07) is 5.79. The van der Waals surface area contributed by atoms with Gasteiger partial charge in [0.1, 0.15) is 11.2 Å². The first-order valence-electron chi connectivity index (χ1n) is 11.2. The molecule has 4 rings (SSSR count). The van der Waals surface area contributed by atoms with E-state index >= 15 is 0 Å². The number of aromatic nitrogens is 2. The quantitative estimate of drug-likeness (QED) is 0.347. The van der Waals surface area contributed by atoms with Gasteiger partial charge in [-0.05, 0) is 61.3 Å². The van der Waals surface area contributed by atoms with E-state index in [2.05, 4.69) is 41.3 Å². The molecule has 1 aromatic carbocycles. The molecule has 7 heteroatoms. The Bertz CT molecular complexity index is 1150. The molecule has 170 valence electrons. The second-order valence-corrected chi connectivity index (χ2v) is 10.2. The van der Waals surface area contributed by atoms with E-state index in [9.17, 15) is 0 Å². The summed E-state index contributed by atoms with van der Waals surface area (Å²) in [5.74, 6) is 2.83. The van der Waals surface area contributed by atoms with Gasteiger partial charge in [0.05, 0.1) is 25.3 Å². The molecule has 6 nitrogen and oxygen atoms in total. The average molecular weight is 453 g/mol. The highest BCUT2D eigenvalue weighted by Gasteiger charge is 2.33. The van der Waals surface area contributed by atoms with Crippen LogP contribution in [0, 0.1) is 11.3 Å². The summed E-state index contributed by atoms with van der Waals surface area (Å²) < 4.78 is 10.8. The number of anilines is 1. The summed E-state index contributed by atoms with van der Waals surface area (Å²) in [5, 5.41) is 5.78. The SMILES string of the molecule is CCC(C)(C)[C@@H]1CCc2sc3ncnc(N/N=C(\C)c4ccc(OC)c(OC)c4)c3c2C1. The van der Waals surface area contributed by atoms with Gasteiger partial charge in [-0.2, -0.15) is 5.10 Å². The van der Waals surface area contributed by atoms with Crippen molar-refractivity contribution >= 4 is 33.1 Å². The molecular weight excluding hydrogens is 420 g/mol. The van der Waals surface area contributed by atoms with Gasteiger partial charge in [0.25, 0.3) is 0 Å². The molecule has 1 aliphatic rings. The molecule has 0 radical (unpaired) electrons. The van der Waals surface area contributed by atoms with E-state index in [0.29, 0.717) is 22.8 Å². The Labute approximate surface area is 194 Å². The molecule has 0 saturated heterocycles. The van der Waals surface area contributed by atoms with Crippen LogP contribution in [0.3, 0.4) is 0 Å². The molecule has 0 unspecified atom stereocenters. The Morgan fingerprint density at radius 1 is 1.22 bits per heavy atom. The zero-order valence-corrected chi connectivity index (χ0v) is 20.6. The van der Waals surface area contributed by atoms with Gasteiger partial charge in [0, 0.05) is 10.4 Å². The molecule has 2 aromatic heterocycles. The number of aryl methyl sites for hydroxylation is 1. The topological polar surface area (TPSA) is 68.6 Å². The van der Waals surface area contributed by atoms with Crippen LogP contribution >= 0.6 is 11.3 Å². The maximum absolute atomic E-state index is 5.43. The van der Waals surface area contributed by atoms with Gasteiger partial charge in [-0.25, -0.2) is 9.97 Å². The molecule has 1 aliphatic carbocycles. The number of benzene rings is 1. The number of rotatable bonds is 7.